The maximum atomic E-state index is 12.9. The first-order chi connectivity index (χ1) is 18.4. The van der Waals surface area contributed by atoms with Crippen LogP contribution in [0.2, 0.25) is 0 Å². The fourth-order valence-corrected chi connectivity index (χ4v) is 3.53. The molecule has 1 saturated heterocycles. The van der Waals surface area contributed by atoms with Crippen LogP contribution in [0.15, 0.2) is 48.9 Å². The van der Waals surface area contributed by atoms with E-state index in [9.17, 15) is 31.1 Å². The number of aromatic nitrogens is 3. The number of ether oxygens (including phenoxy) is 1. The summed E-state index contributed by atoms with van der Waals surface area (Å²) in [7, 11) is 0. The molecule has 0 saturated carbocycles. The van der Waals surface area contributed by atoms with E-state index in [1.165, 1.54) is 0 Å². The number of aliphatic carboxylic acids is 2. The smallest absolute Gasteiger partial charge is 0.475 e. The Bertz CT molecular complexity index is 1300. The number of carbonyl (C=O) groups is 3. The van der Waals surface area contributed by atoms with Crippen LogP contribution in [-0.2, 0) is 14.3 Å². The van der Waals surface area contributed by atoms with E-state index in [-0.39, 0.29) is 17.6 Å². The Hall–Kier alpha value is -4.21. The molecule has 1 unspecified atom stereocenters. The van der Waals surface area contributed by atoms with Crippen LogP contribution >= 0.6 is 0 Å². The number of nitrogens with zero attached hydrogens (tertiary/aromatic N) is 3. The summed E-state index contributed by atoms with van der Waals surface area (Å²) in [5.41, 5.74) is 2.41. The molecule has 0 radical (unpaired) electrons. The second-order valence-electron chi connectivity index (χ2n) is 8.85. The number of amides is 1. The third-order valence-electron chi connectivity index (χ3n) is 5.22. The minimum absolute atomic E-state index is 0.0895. The van der Waals surface area contributed by atoms with Crippen molar-refractivity contribution >= 4 is 23.4 Å². The summed E-state index contributed by atoms with van der Waals surface area (Å²) in [4.78, 5) is 39.4. The van der Waals surface area contributed by atoms with Crippen molar-refractivity contribution in [1.29, 1.82) is 0 Å². The lowest BCUT2D eigenvalue weighted by Crippen LogP contribution is -2.46. The molecular weight excluding hydrogens is 554 g/mol. The molecule has 0 aliphatic carbocycles. The van der Waals surface area contributed by atoms with Gasteiger partial charge in [-0.25, -0.2) is 14.6 Å². The molecule has 4 rings (SSSR count). The second-order valence-corrected chi connectivity index (χ2v) is 8.85. The van der Waals surface area contributed by atoms with Crippen LogP contribution in [0.1, 0.15) is 37.3 Å². The van der Waals surface area contributed by atoms with Gasteiger partial charge < -0.3 is 20.3 Å². The third-order valence-corrected chi connectivity index (χ3v) is 5.22. The molecule has 3 aromatic heterocycles. The molecule has 1 atom stereocenters. The van der Waals surface area contributed by atoms with E-state index in [0.29, 0.717) is 12.4 Å². The van der Waals surface area contributed by atoms with Gasteiger partial charge in [-0.15, -0.1) is 0 Å². The largest absolute Gasteiger partial charge is 0.490 e. The first-order valence-electron chi connectivity index (χ1n) is 11.3. The molecule has 1 fully saturated rings. The number of carboxylic acids is 2. The Morgan fingerprint density at radius 1 is 1.00 bits per heavy atom. The van der Waals surface area contributed by atoms with Crippen molar-refractivity contribution in [3.05, 3.63) is 54.7 Å². The monoisotopic (exact) mass is 578 g/mol. The van der Waals surface area contributed by atoms with Crippen molar-refractivity contribution in [1.82, 2.24) is 19.7 Å². The molecule has 4 heterocycles. The number of nitrogens with one attached hydrogen (secondary N) is 1. The maximum absolute atomic E-state index is 12.9. The van der Waals surface area contributed by atoms with Gasteiger partial charge >= 0.3 is 24.3 Å². The minimum atomic E-state index is -5.08. The lowest BCUT2D eigenvalue weighted by atomic mass is 9.94. The molecule has 0 bridgehead atoms. The summed E-state index contributed by atoms with van der Waals surface area (Å²) in [5, 5.41) is 17.4. The summed E-state index contributed by atoms with van der Waals surface area (Å²) in [6.07, 6.45) is -3.23. The third kappa shape index (κ3) is 9.21. The molecule has 0 aromatic carbocycles. The Balaban J connectivity index is 0.000000333. The van der Waals surface area contributed by atoms with E-state index in [2.05, 4.69) is 29.1 Å². The van der Waals surface area contributed by atoms with Gasteiger partial charge in [-0.05, 0) is 51.0 Å². The van der Waals surface area contributed by atoms with E-state index in [1.807, 2.05) is 40.9 Å². The average Bonchev–Trinajstić information content (AvgIpc) is 3.23. The van der Waals surface area contributed by atoms with Crippen LogP contribution < -0.4 is 5.32 Å². The number of imidazole rings is 1. The predicted octanol–water partition coefficient (Wildman–Crippen LogP) is 4.35. The van der Waals surface area contributed by atoms with E-state index in [0.717, 1.165) is 29.6 Å². The Morgan fingerprint density at radius 2 is 1.55 bits per heavy atom. The lowest BCUT2D eigenvalue weighted by Gasteiger charge is -2.35. The SMILES string of the molecule is CC1(C)CC(NC(=O)c2nc(-c3ccncc3)c3ccccn23)CCO1.O=C(O)C(F)(F)F.O=C(O)C(F)(F)F. The minimum Gasteiger partial charge on any atom is -0.475 e. The van der Waals surface area contributed by atoms with Crippen molar-refractivity contribution in [2.75, 3.05) is 6.61 Å². The summed E-state index contributed by atoms with van der Waals surface area (Å²) in [5.74, 6) is -5.27. The van der Waals surface area contributed by atoms with Gasteiger partial charge in [0.25, 0.3) is 5.91 Å². The number of hydrogen-bond donors (Lipinski definition) is 3. The molecule has 1 amide bonds. The zero-order chi connectivity index (χ0) is 30.3. The normalized spacial score (nSPS) is 16.6. The van der Waals surface area contributed by atoms with Gasteiger partial charge in [-0.2, -0.15) is 26.3 Å². The van der Waals surface area contributed by atoms with Crippen LogP contribution in [0.4, 0.5) is 26.3 Å². The Kier molecular flexibility index (Phi) is 10.2. The fraction of sp³-hybridized carbons (Fsp3) is 0.375. The van der Waals surface area contributed by atoms with E-state index >= 15 is 0 Å². The number of alkyl halides is 6. The zero-order valence-corrected chi connectivity index (χ0v) is 21.0. The predicted molar refractivity (Wildman–Crippen MR) is 126 cm³/mol. The maximum Gasteiger partial charge on any atom is 0.490 e. The average molecular weight is 578 g/mol. The Morgan fingerprint density at radius 3 is 2.05 bits per heavy atom. The van der Waals surface area contributed by atoms with Crippen molar-refractivity contribution in [3.63, 3.8) is 0 Å². The summed E-state index contributed by atoms with van der Waals surface area (Å²) in [6.45, 7) is 4.76. The van der Waals surface area contributed by atoms with Crippen LogP contribution in [0.25, 0.3) is 16.8 Å². The molecule has 218 valence electrons. The van der Waals surface area contributed by atoms with Gasteiger partial charge in [0.05, 0.1) is 16.8 Å². The van der Waals surface area contributed by atoms with Gasteiger partial charge in [0.15, 0.2) is 0 Å². The van der Waals surface area contributed by atoms with Gasteiger partial charge in [0.1, 0.15) is 0 Å². The highest BCUT2D eigenvalue weighted by molar-refractivity contribution is 5.94. The highest BCUT2D eigenvalue weighted by atomic mass is 19.4. The number of rotatable bonds is 3. The number of fused-ring (bicyclic) bond motifs is 1. The molecule has 3 aromatic rings. The summed E-state index contributed by atoms with van der Waals surface area (Å²) >= 11 is 0. The van der Waals surface area contributed by atoms with Crippen molar-refractivity contribution < 1.29 is 55.7 Å². The highest BCUT2D eigenvalue weighted by Gasteiger charge is 2.39. The quantitative estimate of drug-likeness (QED) is 0.390. The zero-order valence-electron chi connectivity index (χ0n) is 21.0. The molecule has 16 heteroatoms. The van der Waals surface area contributed by atoms with Gasteiger partial charge in [-0.3, -0.25) is 14.2 Å². The standard InChI is InChI=1S/C20H22N4O2.2C2HF3O2/c1-20(2)13-15(8-12-26-20)22-19(25)18-23-17(14-6-9-21-10-7-14)16-5-3-4-11-24(16)18;2*3-2(4,5)1(6)7/h3-7,9-11,15H,8,12-13H2,1-2H3,(H,22,25);2*(H,6,7). The van der Waals surface area contributed by atoms with Gasteiger partial charge in [0.2, 0.25) is 5.82 Å². The van der Waals surface area contributed by atoms with E-state index < -0.39 is 24.3 Å². The highest BCUT2D eigenvalue weighted by Crippen LogP contribution is 2.26. The van der Waals surface area contributed by atoms with E-state index in [4.69, 9.17) is 24.5 Å². The number of carboxylic acid groups (broad SMARTS) is 2. The number of halogens is 6. The first-order valence-corrected chi connectivity index (χ1v) is 11.3. The van der Waals surface area contributed by atoms with Crippen LogP contribution in [0.3, 0.4) is 0 Å². The Labute approximate surface area is 222 Å². The van der Waals surface area contributed by atoms with Crippen molar-refractivity contribution in [3.8, 4) is 11.3 Å². The van der Waals surface area contributed by atoms with Crippen molar-refractivity contribution in [2.24, 2.45) is 0 Å². The topological polar surface area (TPSA) is 143 Å². The van der Waals surface area contributed by atoms with E-state index in [1.54, 1.807) is 12.4 Å². The number of carbonyl (C=O) groups excluding carboxylic acids is 1. The van der Waals surface area contributed by atoms with Crippen molar-refractivity contribution in [2.45, 2.75) is 50.7 Å². The van der Waals surface area contributed by atoms with Gasteiger partial charge in [0, 0.05) is 36.8 Å². The molecule has 1 aliphatic rings. The number of pyridine rings is 2. The van der Waals surface area contributed by atoms with Crippen LogP contribution in [0, 0.1) is 0 Å². The van der Waals surface area contributed by atoms with Gasteiger partial charge in [-0.1, -0.05) is 6.07 Å². The number of hydrogen-bond acceptors (Lipinski definition) is 6. The summed E-state index contributed by atoms with van der Waals surface area (Å²) in [6, 6.07) is 9.71. The molecular formula is C24H24F6N4O6. The molecule has 10 nitrogen and oxygen atoms in total. The molecule has 0 spiro atoms. The molecule has 3 N–H and O–H groups in total. The fourth-order valence-electron chi connectivity index (χ4n) is 3.53. The first kappa shape index (κ1) is 32.0. The molecule has 40 heavy (non-hydrogen) atoms. The van der Waals surface area contributed by atoms with Crippen LogP contribution in [0.5, 0.6) is 0 Å². The van der Waals surface area contributed by atoms with Crippen LogP contribution in [-0.4, -0.2) is 73.0 Å². The summed E-state index contributed by atoms with van der Waals surface area (Å²) < 4.78 is 71.1. The lowest BCUT2D eigenvalue weighted by molar-refractivity contribution is -0.193. The molecule has 1 aliphatic heterocycles. The second kappa shape index (κ2) is 12.8.